The molecule has 3 rings (SSSR count). The SMILES string of the molecule is CC1=NN(S(=O)(=O)c2ccccc2I)C(c2cc(Br)ccc2O)C1. The van der Waals surface area contributed by atoms with Crippen molar-refractivity contribution >= 4 is 54.3 Å². The molecule has 0 saturated carbocycles. The van der Waals surface area contributed by atoms with Crippen molar-refractivity contribution < 1.29 is 13.5 Å². The maximum absolute atomic E-state index is 13.1. The molecule has 0 aromatic heterocycles. The number of hydrogen-bond acceptors (Lipinski definition) is 4. The first-order chi connectivity index (χ1) is 11.3. The van der Waals surface area contributed by atoms with E-state index in [0.29, 0.717) is 21.3 Å². The van der Waals surface area contributed by atoms with Crippen LogP contribution in [0.25, 0.3) is 0 Å². The van der Waals surface area contributed by atoms with Gasteiger partial charge in [-0.15, -0.1) is 0 Å². The maximum atomic E-state index is 13.1. The van der Waals surface area contributed by atoms with Gasteiger partial charge < -0.3 is 5.11 Å². The lowest BCUT2D eigenvalue weighted by Crippen LogP contribution is -2.28. The van der Waals surface area contributed by atoms with Crippen LogP contribution >= 0.6 is 38.5 Å². The summed E-state index contributed by atoms with van der Waals surface area (Å²) in [5, 5.41) is 14.4. The van der Waals surface area contributed by atoms with Crippen LogP contribution < -0.4 is 0 Å². The maximum Gasteiger partial charge on any atom is 0.280 e. The molecule has 24 heavy (non-hydrogen) atoms. The summed E-state index contributed by atoms with van der Waals surface area (Å²) in [5.41, 5.74) is 1.23. The molecule has 1 aliphatic heterocycles. The summed E-state index contributed by atoms with van der Waals surface area (Å²) in [6, 6.07) is 11.2. The van der Waals surface area contributed by atoms with Gasteiger partial charge in [-0.1, -0.05) is 28.1 Å². The van der Waals surface area contributed by atoms with Crippen molar-refractivity contribution in [3.8, 4) is 5.75 Å². The van der Waals surface area contributed by atoms with Crippen LogP contribution in [-0.4, -0.2) is 23.7 Å². The molecule has 0 saturated heterocycles. The summed E-state index contributed by atoms with van der Waals surface area (Å²) < 4.78 is 28.7. The first-order valence-corrected chi connectivity index (χ1v) is 10.4. The molecule has 0 spiro atoms. The number of phenols is 1. The number of rotatable bonds is 3. The number of phenolic OH excluding ortho intramolecular Hbond substituents is 1. The minimum absolute atomic E-state index is 0.0519. The molecule has 0 radical (unpaired) electrons. The van der Waals surface area contributed by atoms with Gasteiger partial charge in [-0.2, -0.15) is 17.9 Å². The molecule has 8 heteroatoms. The molecular formula is C16H14BrIN2O3S. The van der Waals surface area contributed by atoms with Crippen LogP contribution in [0.1, 0.15) is 24.9 Å². The molecule has 0 aliphatic carbocycles. The molecule has 2 aromatic carbocycles. The number of hydrazone groups is 1. The van der Waals surface area contributed by atoms with E-state index in [0.717, 1.165) is 8.89 Å². The number of benzene rings is 2. The minimum atomic E-state index is -3.82. The average molecular weight is 521 g/mol. The van der Waals surface area contributed by atoms with E-state index in [4.69, 9.17) is 0 Å². The Kier molecular flexibility index (Phi) is 4.89. The highest BCUT2D eigenvalue weighted by Crippen LogP contribution is 2.40. The lowest BCUT2D eigenvalue weighted by atomic mass is 10.0. The van der Waals surface area contributed by atoms with Crippen molar-refractivity contribution in [2.75, 3.05) is 0 Å². The Morgan fingerprint density at radius 2 is 2.00 bits per heavy atom. The Hall–Kier alpha value is -1.13. The molecular weight excluding hydrogens is 507 g/mol. The minimum Gasteiger partial charge on any atom is -0.508 e. The second-order valence-corrected chi connectivity index (χ2v) is 9.31. The van der Waals surface area contributed by atoms with Crippen LogP contribution in [0.3, 0.4) is 0 Å². The molecule has 2 aromatic rings. The van der Waals surface area contributed by atoms with E-state index in [1.165, 1.54) is 0 Å². The van der Waals surface area contributed by atoms with E-state index in [9.17, 15) is 13.5 Å². The largest absolute Gasteiger partial charge is 0.508 e. The zero-order chi connectivity index (χ0) is 17.5. The van der Waals surface area contributed by atoms with Gasteiger partial charge in [0.2, 0.25) is 0 Å². The highest BCUT2D eigenvalue weighted by molar-refractivity contribution is 14.1. The van der Waals surface area contributed by atoms with Crippen LogP contribution in [0.15, 0.2) is 56.9 Å². The monoisotopic (exact) mass is 520 g/mol. The third kappa shape index (κ3) is 3.18. The standard InChI is InChI=1S/C16H14BrIN2O3S/c1-10-8-14(12-9-11(17)6-7-15(12)21)20(19-10)24(22,23)16-5-3-2-4-13(16)18/h2-7,9,14,21H,8H2,1H3. The molecule has 1 N–H and O–H groups in total. The van der Waals surface area contributed by atoms with Crippen LogP contribution in [0.4, 0.5) is 0 Å². The molecule has 0 fully saturated rings. The van der Waals surface area contributed by atoms with Crippen LogP contribution in [0.2, 0.25) is 0 Å². The molecule has 5 nitrogen and oxygen atoms in total. The first-order valence-electron chi connectivity index (χ1n) is 7.12. The van der Waals surface area contributed by atoms with E-state index in [1.807, 2.05) is 22.6 Å². The normalized spacial score (nSPS) is 17.9. The highest BCUT2D eigenvalue weighted by Gasteiger charge is 2.38. The predicted octanol–water partition coefficient (Wildman–Crippen LogP) is 4.27. The van der Waals surface area contributed by atoms with Gasteiger partial charge in [0, 0.05) is 25.7 Å². The smallest absolute Gasteiger partial charge is 0.280 e. The Balaban J connectivity index is 2.11. The fourth-order valence-corrected chi connectivity index (χ4v) is 5.77. The van der Waals surface area contributed by atoms with E-state index in [2.05, 4.69) is 21.0 Å². The summed E-state index contributed by atoms with van der Waals surface area (Å²) in [6.45, 7) is 1.79. The fraction of sp³-hybridized carbons (Fsp3) is 0.188. The van der Waals surface area contributed by atoms with Crippen molar-refractivity contribution in [1.29, 1.82) is 0 Å². The number of sulfonamides is 1. The zero-order valence-electron chi connectivity index (χ0n) is 12.6. The van der Waals surface area contributed by atoms with E-state index in [-0.39, 0.29) is 10.6 Å². The lowest BCUT2D eigenvalue weighted by Gasteiger charge is -2.24. The van der Waals surface area contributed by atoms with Crippen LogP contribution in [0.5, 0.6) is 5.75 Å². The van der Waals surface area contributed by atoms with Crippen LogP contribution in [0, 0.1) is 3.57 Å². The molecule has 0 amide bonds. The molecule has 1 aliphatic rings. The summed E-state index contributed by atoms with van der Waals surface area (Å²) in [7, 11) is -3.82. The fourth-order valence-electron chi connectivity index (χ4n) is 2.63. The Labute approximate surface area is 162 Å². The number of halogens is 2. The van der Waals surface area contributed by atoms with Gasteiger partial charge in [0.05, 0.1) is 6.04 Å². The summed E-state index contributed by atoms with van der Waals surface area (Å²) in [6.07, 6.45) is 0.437. The highest BCUT2D eigenvalue weighted by atomic mass is 127. The molecule has 1 unspecified atom stereocenters. The summed E-state index contributed by atoms with van der Waals surface area (Å²) in [4.78, 5) is 0.212. The van der Waals surface area contributed by atoms with Crippen LogP contribution in [-0.2, 0) is 10.0 Å². The predicted molar refractivity (Wildman–Crippen MR) is 104 cm³/mol. The van der Waals surface area contributed by atoms with E-state index >= 15 is 0 Å². The van der Waals surface area contributed by atoms with Crippen molar-refractivity contribution in [1.82, 2.24) is 4.41 Å². The van der Waals surface area contributed by atoms with Gasteiger partial charge in [0.25, 0.3) is 10.0 Å². The topological polar surface area (TPSA) is 70.0 Å². The van der Waals surface area contributed by atoms with Gasteiger partial charge in [-0.3, -0.25) is 0 Å². The Bertz CT molecular complexity index is 931. The van der Waals surface area contributed by atoms with Gasteiger partial charge in [0.1, 0.15) is 10.6 Å². The molecule has 126 valence electrons. The number of nitrogens with zero attached hydrogens (tertiary/aromatic N) is 2. The quantitative estimate of drug-likeness (QED) is 0.614. The second kappa shape index (κ2) is 6.64. The zero-order valence-corrected chi connectivity index (χ0v) is 17.2. The third-order valence-corrected chi connectivity index (χ3v) is 7.27. The van der Waals surface area contributed by atoms with Gasteiger partial charge in [0.15, 0.2) is 0 Å². The molecule has 0 bridgehead atoms. The van der Waals surface area contributed by atoms with Crippen molar-refractivity contribution in [2.45, 2.75) is 24.3 Å². The lowest BCUT2D eigenvalue weighted by molar-refractivity contribution is 0.358. The summed E-state index contributed by atoms with van der Waals surface area (Å²) in [5.74, 6) is 0.0519. The average Bonchev–Trinajstić information content (AvgIpc) is 2.92. The third-order valence-electron chi connectivity index (χ3n) is 3.73. The first kappa shape index (κ1) is 17.7. The molecule has 1 heterocycles. The van der Waals surface area contributed by atoms with Gasteiger partial charge in [-0.25, -0.2) is 0 Å². The molecule has 1 atom stereocenters. The van der Waals surface area contributed by atoms with Gasteiger partial charge >= 0.3 is 0 Å². The Morgan fingerprint density at radius 3 is 2.71 bits per heavy atom. The van der Waals surface area contributed by atoms with Crippen molar-refractivity contribution in [2.24, 2.45) is 5.10 Å². The second-order valence-electron chi connectivity index (χ2n) is 5.47. The number of hydrogen-bond donors (Lipinski definition) is 1. The Morgan fingerprint density at radius 1 is 1.29 bits per heavy atom. The van der Waals surface area contributed by atoms with E-state index in [1.54, 1.807) is 49.4 Å². The van der Waals surface area contributed by atoms with Crippen molar-refractivity contribution in [3.05, 3.63) is 56.1 Å². The number of aromatic hydroxyl groups is 1. The summed E-state index contributed by atoms with van der Waals surface area (Å²) >= 11 is 5.37. The van der Waals surface area contributed by atoms with Crippen molar-refractivity contribution in [3.63, 3.8) is 0 Å². The van der Waals surface area contributed by atoms with Gasteiger partial charge in [-0.05, 0) is 59.8 Å². The van der Waals surface area contributed by atoms with E-state index < -0.39 is 16.1 Å².